The molecule has 1 saturated carbocycles. The van der Waals surface area contributed by atoms with Gasteiger partial charge in [-0.1, -0.05) is 0 Å². The average molecular weight is 198 g/mol. The lowest BCUT2D eigenvalue weighted by atomic mass is 9.75. The molecule has 2 rings (SSSR count). The molecular formula is C9H14N2O3. The Balaban J connectivity index is 1.87. The van der Waals surface area contributed by atoms with Crippen LogP contribution in [0.3, 0.4) is 0 Å². The molecule has 0 atom stereocenters. The van der Waals surface area contributed by atoms with E-state index in [-0.39, 0.29) is 11.8 Å². The van der Waals surface area contributed by atoms with Crippen LogP contribution in [-0.2, 0) is 9.59 Å². The van der Waals surface area contributed by atoms with Crippen molar-refractivity contribution in [2.75, 3.05) is 13.1 Å². The Labute approximate surface area is 81.9 Å². The van der Waals surface area contributed by atoms with Gasteiger partial charge in [0.15, 0.2) is 0 Å². The molecule has 0 aromatic rings. The molecule has 14 heavy (non-hydrogen) atoms. The number of hydrogen-bond acceptors (Lipinski definition) is 3. The van der Waals surface area contributed by atoms with Crippen molar-refractivity contribution in [3.63, 3.8) is 0 Å². The number of nitrogens with two attached hydrogens (primary N) is 1. The van der Waals surface area contributed by atoms with E-state index in [1.165, 1.54) is 0 Å². The lowest BCUT2D eigenvalue weighted by Crippen LogP contribution is -2.65. The molecule has 0 aromatic carbocycles. The largest absolute Gasteiger partial charge is 0.481 e. The number of carboxylic acids is 1. The van der Waals surface area contributed by atoms with Gasteiger partial charge in [-0.2, -0.15) is 0 Å². The molecule has 5 nitrogen and oxygen atoms in total. The molecule has 1 saturated heterocycles. The van der Waals surface area contributed by atoms with Gasteiger partial charge in [0.25, 0.3) is 0 Å². The van der Waals surface area contributed by atoms with Crippen molar-refractivity contribution in [3.05, 3.63) is 0 Å². The highest BCUT2D eigenvalue weighted by Crippen LogP contribution is 2.33. The van der Waals surface area contributed by atoms with Gasteiger partial charge in [-0.3, -0.25) is 9.59 Å². The number of likely N-dealkylation sites (tertiary alicyclic amines) is 1. The molecule has 5 heteroatoms. The number of carbonyl (C=O) groups is 2. The van der Waals surface area contributed by atoms with Gasteiger partial charge in [-0.05, 0) is 19.3 Å². The zero-order valence-electron chi connectivity index (χ0n) is 7.90. The maximum absolute atomic E-state index is 11.7. The van der Waals surface area contributed by atoms with Crippen molar-refractivity contribution >= 4 is 11.9 Å². The number of carboxylic acid groups (broad SMARTS) is 1. The minimum atomic E-state index is -0.825. The summed E-state index contributed by atoms with van der Waals surface area (Å²) in [6, 6.07) is 0. The third kappa shape index (κ3) is 1.28. The van der Waals surface area contributed by atoms with Gasteiger partial charge in [0.05, 0.1) is 11.5 Å². The second kappa shape index (κ2) is 2.95. The first kappa shape index (κ1) is 9.45. The van der Waals surface area contributed by atoms with Crippen LogP contribution in [0.5, 0.6) is 0 Å². The van der Waals surface area contributed by atoms with Gasteiger partial charge in [0.1, 0.15) is 0 Å². The summed E-state index contributed by atoms with van der Waals surface area (Å²) >= 11 is 0. The van der Waals surface area contributed by atoms with Crippen molar-refractivity contribution in [1.82, 2.24) is 4.90 Å². The first-order valence-corrected chi connectivity index (χ1v) is 4.84. The average Bonchev–Trinajstić information content (AvgIpc) is 1.96. The van der Waals surface area contributed by atoms with Crippen molar-refractivity contribution in [2.45, 2.75) is 24.8 Å². The number of hydrogen-bond donors (Lipinski definition) is 2. The molecule has 78 valence electrons. The molecule has 0 bridgehead atoms. The molecule has 1 aliphatic heterocycles. The van der Waals surface area contributed by atoms with Crippen molar-refractivity contribution in [2.24, 2.45) is 11.7 Å². The van der Waals surface area contributed by atoms with Crippen molar-refractivity contribution < 1.29 is 14.7 Å². The lowest BCUT2D eigenvalue weighted by Gasteiger charge is -2.45. The van der Waals surface area contributed by atoms with Crippen LogP contribution in [0.1, 0.15) is 19.3 Å². The van der Waals surface area contributed by atoms with E-state index in [1.54, 1.807) is 4.90 Å². The van der Waals surface area contributed by atoms with Crippen LogP contribution >= 0.6 is 0 Å². The van der Waals surface area contributed by atoms with Crippen LogP contribution in [0.25, 0.3) is 0 Å². The Morgan fingerprint density at radius 2 is 1.93 bits per heavy atom. The Kier molecular flexibility index (Phi) is 1.99. The first-order valence-electron chi connectivity index (χ1n) is 4.84. The summed E-state index contributed by atoms with van der Waals surface area (Å²) in [5.74, 6) is -1.28. The Hall–Kier alpha value is -1.10. The second-order valence-electron chi connectivity index (χ2n) is 4.25. The predicted octanol–water partition coefficient (Wildman–Crippen LogP) is -0.589. The zero-order valence-corrected chi connectivity index (χ0v) is 7.90. The predicted molar refractivity (Wildman–Crippen MR) is 48.5 cm³/mol. The van der Waals surface area contributed by atoms with E-state index >= 15 is 0 Å². The molecular weight excluding hydrogens is 184 g/mol. The van der Waals surface area contributed by atoms with E-state index in [4.69, 9.17) is 10.8 Å². The summed E-state index contributed by atoms with van der Waals surface area (Å²) in [5, 5.41) is 8.64. The number of carbonyl (C=O) groups excluding carboxylic acids is 1. The molecule has 0 spiro atoms. The highest BCUT2D eigenvalue weighted by Gasteiger charge is 2.47. The Morgan fingerprint density at radius 3 is 2.29 bits per heavy atom. The molecule has 0 aromatic heterocycles. The van der Waals surface area contributed by atoms with Crippen molar-refractivity contribution in [1.29, 1.82) is 0 Å². The van der Waals surface area contributed by atoms with Crippen LogP contribution < -0.4 is 5.73 Å². The Bertz CT molecular complexity index is 280. The third-order valence-electron chi connectivity index (χ3n) is 3.19. The van der Waals surface area contributed by atoms with Gasteiger partial charge in [0, 0.05) is 13.1 Å². The van der Waals surface area contributed by atoms with E-state index in [9.17, 15) is 9.59 Å². The minimum absolute atomic E-state index is 0.0683. The maximum Gasteiger partial charge on any atom is 0.310 e. The molecule has 2 fully saturated rings. The van der Waals surface area contributed by atoms with Gasteiger partial charge in [-0.25, -0.2) is 0 Å². The molecule has 3 N–H and O–H groups in total. The molecule has 1 heterocycles. The summed E-state index contributed by atoms with van der Waals surface area (Å²) in [6.07, 6.45) is 2.47. The first-order chi connectivity index (χ1) is 6.53. The van der Waals surface area contributed by atoms with Crippen LogP contribution in [0, 0.1) is 5.92 Å². The van der Waals surface area contributed by atoms with Gasteiger partial charge in [-0.15, -0.1) is 0 Å². The van der Waals surface area contributed by atoms with E-state index in [1.807, 2.05) is 0 Å². The summed E-state index contributed by atoms with van der Waals surface area (Å²) in [5.41, 5.74) is 5.16. The SMILES string of the molecule is NC1(C(=O)N2CC(C(=O)O)C2)CCC1. The number of aliphatic carboxylic acids is 1. The highest BCUT2D eigenvalue weighted by molar-refractivity contribution is 5.89. The van der Waals surface area contributed by atoms with Crippen LogP contribution in [0.15, 0.2) is 0 Å². The standard InChI is InChI=1S/C9H14N2O3/c10-9(2-1-3-9)8(14)11-4-6(5-11)7(12)13/h6H,1-5,10H2,(H,12,13). The highest BCUT2D eigenvalue weighted by atomic mass is 16.4. The summed E-state index contributed by atoms with van der Waals surface area (Å²) in [4.78, 5) is 23.8. The number of rotatable bonds is 2. The lowest BCUT2D eigenvalue weighted by molar-refractivity contribution is -0.156. The maximum atomic E-state index is 11.7. The fraction of sp³-hybridized carbons (Fsp3) is 0.778. The normalized spacial score (nSPS) is 25.1. The van der Waals surface area contributed by atoms with E-state index in [0.717, 1.165) is 19.3 Å². The minimum Gasteiger partial charge on any atom is -0.481 e. The second-order valence-corrected chi connectivity index (χ2v) is 4.25. The smallest absolute Gasteiger partial charge is 0.310 e. The van der Waals surface area contributed by atoms with Crippen LogP contribution in [0.2, 0.25) is 0 Å². The van der Waals surface area contributed by atoms with Crippen LogP contribution in [-0.4, -0.2) is 40.5 Å². The number of nitrogens with zero attached hydrogens (tertiary/aromatic N) is 1. The van der Waals surface area contributed by atoms with Crippen molar-refractivity contribution in [3.8, 4) is 0 Å². The monoisotopic (exact) mass is 198 g/mol. The van der Waals surface area contributed by atoms with E-state index in [2.05, 4.69) is 0 Å². The number of amides is 1. The fourth-order valence-corrected chi connectivity index (χ4v) is 1.89. The summed E-state index contributed by atoms with van der Waals surface area (Å²) in [6.45, 7) is 0.653. The third-order valence-corrected chi connectivity index (χ3v) is 3.19. The molecule has 0 unspecified atom stereocenters. The molecule has 1 aliphatic carbocycles. The molecule has 2 aliphatic rings. The molecule has 1 amide bonds. The van der Waals surface area contributed by atoms with Gasteiger partial charge in [0.2, 0.25) is 5.91 Å². The fourth-order valence-electron chi connectivity index (χ4n) is 1.89. The van der Waals surface area contributed by atoms with Gasteiger partial charge < -0.3 is 15.7 Å². The summed E-state index contributed by atoms with van der Waals surface area (Å²) < 4.78 is 0. The zero-order chi connectivity index (χ0) is 10.3. The van der Waals surface area contributed by atoms with Crippen LogP contribution in [0.4, 0.5) is 0 Å². The Morgan fingerprint density at radius 1 is 1.36 bits per heavy atom. The van der Waals surface area contributed by atoms with Gasteiger partial charge >= 0.3 is 5.97 Å². The summed E-state index contributed by atoms with van der Waals surface area (Å²) in [7, 11) is 0. The van der Waals surface area contributed by atoms with E-state index in [0.29, 0.717) is 13.1 Å². The van der Waals surface area contributed by atoms with E-state index < -0.39 is 11.5 Å². The molecule has 0 radical (unpaired) electrons. The quantitative estimate of drug-likeness (QED) is 0.621. The topological polar surface area (TPSA) is 83.6 Å².